The zero-order chi connectivity index (χ0) is 13.6. The van der Waals surface area contributed by atoms with E-state index >= 15 is 0 Å². The minimum Gasteiger partial charge on any atom is -0.486 e. The normalized spacial score (nSPS) is 16.7. The van der Waals surface area contributed by atoms with Crippen LogP contribution < -0.4 is 14.2 Å². The molecule has 0 aliphatic carbocycles. The average Bonchev–Trinajstić information content (AvgIpc) is 2.52. The molecule has 4 heteroatoms. The average molecular weight is 272 g/mol. The van der Waals surface area contributed by atoms with E-state index in [1.807, 2.05) is 54.6 Å². The third-order valence-corrected chi connectivity index (χ3v) is 2.92. The quantitative estimate of drug-likeness (QED) is 0.619. The van der Waals surface area contributed by atoms with Crippen molar-refractivity contribution in [1.82, 2.24) is 0 Å². The molecule has 104 valence electrons. The van der Waals surface area contributed by atoms with Gasteiger partial charge in [-0.3, -0.25) is 0 Å². The van der Waals surface area contributed by atoms with E-state index in [0.29, 0.717) is 13.2 Å². The third-order valence-electron chi connectivity index (χ3n) is 2.92. The summed E-state index contributed by atoms with van der Waals surface area (Å²) in [6.45, 7) is 1.12. The van der Waals surface area contributed by atoms with Gasteiger partial charge in [0, 0.05) is 0 Å². The van der Waals surface area contributed by atoms with Gasteiger partial charge in [-0.15, -0.1) is 0 Å². The number of hydrogen-bond donors (Lipinski definition) is 0. The Balaban J connectivity index is 1.42. The van der Waals surface area contributed by atoms with Gasteiger partial charge in [0.15, 0.2) is 24.4 Å². The number of benzene rings is 2. The fourth-order valence-electron chi connectivity index (χ4n) is 1.95. The van der Waals surface area contributed by atoms with Crippen molar-refractivity contribution >= 4 is 0 Å². The van der Waals surface area contributed by atoms with Gasteiger partial charge < -0.3 is 18.9 Å². The zero-order valence-corrected chi connectivity index (χ0v) is 11.0. The SMILES string of the molecule is c1ccc(OCOC[C@@H]2COc3ccccc3O2)cc1. The Morgan fingerprint density at radius 1 is 0.950 bits per heavy atom. The van der Waals surface area contributed by atoms with E-state index in [1.54, 1.807) is 0 Å². The first kappa shape index (κ1) is 12.8. The van der Waals surface area contributed by atoms with E-state index < -0.39 is 0 Å². The van der Waals surface area contributed by atoms with Crippen LogP contribution >= 0.6 is 0 Å². The molecule has 0 unspecified atom stereocenters. The minimum absolute atomic E-state index is 0.107. The van der Waals surface area contributed by atoms with E-state index in [2.05, 4.69) is 0 Å². The van der Waals surface area contributed by atoms with Crippen molar-refractivity contribution in [3.63, 3.8) is 0 Å². The Bertz CT molecular complexity index is 541. The first-order valence-electron chi connectivity index (χ1n) is 6.56. The van der Waals surface area contributed by atoms with Crippen molar-refractivity contribution in [2.24, 2.45) is 0 Å². The van der Waals surface area contributed by atoms with Gasteiger partial charge in [0.2, 0.25) is 0 Å². The Kier molecular flexibility index (Phi) is 4.04. The van der Waals surface area contributed by atoms with Gasteiger partial charge in [-0.1, -0.05) is 30.3 Å². The molecule has 0 radical (unpaired) electrons. The lowest BCUT2D eigenvalue weighted by atomic mass is 10.3. The Hall–Kier alpha value is -2.20. The molecule has 0 amide bonds. The molecule has 0 spiro atoms. The molecule has 0 aromatic heterocycles. The smallest absolute Gasteiger partial charge is 0.189 e. The molecule has 1 heterocycles. The van der Waals surface area contributed by atoms with Crippen LogP contribution in [0.25, 0.3) is 0 Å². The molecular weight excluding hydrogens is 256 g/mol. The van der Waals surface area contributed by atoms with E-state index in [0.717, 1.165) is 17.2 Å². The summed E-state index contributed by atoms with van der Waals surface area (Å²) < 4.78 is 22.3. The van der Waals surface area contributed by atoms with Crippen LogP contribution in [-0.2, 0) is 4.74 Å². The highest BCUT2D eigenvalue weighted by Gasteiger charge is 2.20. The number of fused-ring (bicyclic) bond motifs is 1. The highest BCUT2D eigenvalue weighted by atomic mass is 16.7. The number of para-hydroxylation sites is 3. The molecule has 1 aliphatic heterocycles. The molecule has 1 aliphatic rings. The number of rotatable bonds is 5. The number of ether oxygens (including phenoxy) is 4. The lowest BCUT2D eigenvalue weighted by molar-refractivity contribution is -0.0407. The summed E-state index contributed by atoms with van der Waals surface area (Å²) in [5.74, 6) is 2.33. The highest BCUT2D eigenvalue weighted by Crippen LogP contribution is 2.30. The predicted octanol–water partition coefficient (Wildman–Crippen LogP) is 2.88. The van der Waals surface area contributed by atoms with Gasteiger partial charge in [0.1, 0.15) is 12.4 Å². The summed E-state index contributed by atoms with van der Waals surface area (Å²) in [4.78, 5) is 0. The van der Waals surface area contributed by atoms with Gasteiger partial charge in [-0.2, -0.15) is 0 Å². The Labute approximate surface area is 117 Å². The van der Waals surface area contributed by atoms with Gasteiger partial charge in [-0.05, 0) is 24.3 Å². The van der Waals surface area contributed by atoms with Crippen molar-refractivity contribution in [2.45, 2.75) is 6.10 Å². The summed E-state index contributed by atoms with van der Waals surface area (Å²) in [5, 5.41) is 0. The van der Waals surface area contributed by atoms with E-state index in [-0.39, 0.29) is 12.9 Å². The summed E-state index contributed by atoms with van der Waals surface area (Å²) in [6, 6.07) is 17.2. The maximum Gasteiger partial charge on any atom is 0.189 e. The molecule has 4 nitrogen and oxygen atoms in total. The Morgan fingerprint density at radius 3 is 2.55 bits per heavy atom. The molecular formula is C16H16O4. The fourth-order valence-corrected chi connectivity index (χ4v) is 1.95. The highest BCUT2D eigenvalue weighted by molar-refractivity contribution is 5.40. The summed E-state index contributed by atoms with van der Waals surface area (Å²) in [7, 11) is 0. The molecule has 0 saturated carbocycles. The minimum atomic E-state index is -0.107. The van der Waals surface area contributed by atoms with E-state index in [4.69, 9.17) is 18.9 Å². The van der Waals surface area contributed by atoms with Crippen LogP contribution in [0.4, 0.5) is 0 Å². The molecule has 0 saturated heterocycles. The van der Waals surface area contributed by atoms with Crippen molar-refractivity contribution < 1.29 is 18.9 Å². The van der Waals surface area contributed by atoms with E-state index in [1.165, 1.54) is 0 Å². The van der Waals surface area contributed by atoms with Crippen LogP contribution in [-0.4, -0.2) is 26.1 Å². The molecule has 1 atom stereocenters. The second-order valence-electron chi connectivity index (χ2n) is 4.44. The molecule has 2 aromatic rings. The van der Waals surface area contributed by atoms with Gasteiger partial charge >= 0.3 is 0 Å². The second-order valence-corrected chi connectivity index (χ2v) is 4.44. The molecule has 20 heavy (non-hydrogen) atoms. The van der Waals surface area contributed by atoms with Crippen LogP contribution in [0.1, 0.15) is 0 Å². The van der Waals surface area contributed by atoms with Crippen LogP contribution in [0.5, 0.6) is 17.2 Å². The van der Waals surface area contributed by atoms with Crippen molar-refractivity contribution in [2.75, 3.05) is 20.0 Å². The van der Waals surface area contributed by atoms with Crippen molar-refractivity contribution in [3.05, 3.63) is 54.6 Å². The summed E-state index contributed by atoms with van der Waals surface area (Å²) in [6.07, 6.45) is -0.107. The molecule has 0 N–H and O–H groups in total. The van der Waals surface area contributed by atoms with Crippen molar-refractivity contribution in [1.29, 1.82) is 0 Å². The largest absolute Gasteiger partial charge is 0.486 e. The summed E-state index contributed by atoms with van der Waals surface area (Å²) in [5.41, 5.74) is 0. The van der Waals surface area contributed by atoms with Gasteiger partial charge in [0.25, 0.3) is 0 Å². The Morgan fingerprint density at radius 2 is 1.70 bits per heavy atom. The molecule has 3 rings (SSSR count). The number of hydrogen-bond acceptors (Lipinski definition) is 4. The zero-order valence-electron chi connectivity index (χ0n) is 11.0. The maximum atomic E-state index is 5.78. The first-order valence-corrected chi connectivity index (χ1v) is 6.56. The molecule has 2 aromatic carbocycles. The third kappa shape index (κ3) is 3.22. The molecule has 0 fully saturated rings. The lowest BCUT2D eigenvalue weighted by Crippen LogP contribution is -2.33. The summed E-state index contributed by atoms with van der Waals surface area (Å²) >= 11 is 0. The second kappa shape index (κ2) is 6.30. The standard InChI is InChI=1S/C16H16O4/c1-2-6-13(7-3-1)19-12-17-10-14-11-18-15-8-4-5-9-16(15)20-14/h1-9,14H,10-12H2/t14-/m1/s1. The van der Waals surface area contributed by atoms with Gasteiger partial charge in [0.05, 0.1) is 6.61 Å². The van der Waals surface area contributed by atoms with E-state index in [9.17, 15) is 0 Å². The van der Waals surface area contributed by atoms with Crippen molar-refractivity contribution in [3.8, 4) is 17.2 Å². The van der Waals surface area contributed by atoms with Gasteiger partial charge in [-0.25, -0.2) is 0 Å². The maximum absolute atomic E-state index is 5.78. The lowest BCUT2D eigenvalue weighted by Gasteiger charge is -2.26. The van der Waals surface area contributed by atoms with Crippen LogP contribution in [0.3, 0.4) is 0 Å². The van der Waals surface area contributed by atoms with Crippen LogP contribution in [0, 0.1) is 0 Å². The monoisotopic (exact) mass is 272 g/mol. The molecule has 0 bridgehead atoms. The van der Waals surface area contributed by atoms with Crippen LogP contribution in [0.2, 0.25) is 0 Å². The first-order chi connectivity index (χ1) is 9.92. The topological polar surface area (TPSA) is 36.9 Å². The van der Waals surface area contributed by atoms with Crippen LogP contribution in [0.15, 0.2) is 54.6 Å². The predicted molar refractivity (Wildman–Crippen MR) is 74.2 cm³/mol. The fraction of sp³-hybridized carbons (Fsp3) is 0.250.